The number of anilines is 1. The summed E-state index contributed by atoms with van der Waals surface area (Å²) in [6.45, 7) is 3.32. The average Bonchev–Trinajstić information content (AvgIpc) is 2.76. The molecule has 0 amide bonds. The molecule has 2 aliphatic heterocycles. The molecule has 0 bridgehead atoms. The summed E-state index contributed by atoms with van der Waals surface area (Å²) in [5, 5.41) is 4.34. The molecule has 0 aromatic carbocycles. The number of hydrogen-bond acceptors (Lipinski definition) is 3. The molecule has 3 nitrogen and oxygen atoms in total. The molecule has 4 heteroatoms. The number of hydrogen-bond donors (Lipinski definition) is 1. The van der Waals surface area contributed by atoms with E-state index in [-0.39, 0.29) is 0 Å². The minimum absolute atomic E-state index is 0.721. The van der Waals surface area contributed by atoms with E-state index in [0.29, 0.717) is 0 Å². The van der Waals surface area contributed by atoms with Gasteiger partial charge in [-0.2, -0.15) is 0 Å². The van der Waals surface area contributed by atoms with E-state index in [1.54, 1.807) is 0 Å². The van der Waals surface area contributed by atoms with E-state index in [1.165, 1.54) is 19.4 Å². The summed E-state index contributed by atoms with van der Waals surface area (Å²) < 4.78 is 0. The summed E-state index contributed by atoms with van der Waals surface area (Å²) in [7, 11) is 0. The zero-order valence-electron chi connectivity index (χ0n) is 9.19. The second-order valence-corrected chi connectivity index (χ2v) is 5.06. The van der Waals surface area contributed by atoms with Crippen LogP contribution in [-0.4, -0.2) is 30.7 Å². The molecule has 1 aromatic heterocycles. The van der Waals surface area contributed by atoms with Crippen molar-refractivity contribution in [2.45, 2.75) is 18.9 Å². The molecule has 2 fully saturated rings. The normalized spacial score (nSPS) is 29.2. The maximum absolute atomic E-state index is 6.18. The van der Waals surface area contributed by atoms with Crippen LogP contribution in [0, 0.1) is 5.92 Å². The van der Waals surface area contributed by atoms with Gasteiger partial charge in [0, 0.05) is 25.3 Å². The van der Waals surface area contributed by atoms with Gasteiger partial charge in [-0.15, -0.1) is 0 Å². The lowest BCUT2D eigenvalue weighted by Crippen LogP contribution is -2.44. The largest absolute Gasteiger partial charge is 0.355 e. The third-order valence-corrected chi connectivity index (χ3v) is 3.99. The second-order valence-electron chi connectivity index (χ2n) is 4.65. The van der Waals surface area contributed by atoms with Crippen LogP contribution in [0.5, 0.6) is 0 Å². The summed E-state index contributed by atoms with van der Waals surface area (Å²) in [6.07, 6.45) is 4.31. The van der Waals surface area contributed by atoms with Crippen molar-refractivity contribution in [1.29, 1.82) is 0 Å². The molecule has 16 heavy (non-hydrogen) atoms. The van der Waals surface area contributed by atoms with Crippen molar-refractivity contribution in [2.24, 2.45) is 5.92 Å². The lowest BCUT2D eigenvalue weighted by Gasteiger charge is -2.35. The van der Waals surface area contributed by atoms with Crippen molar-refractivity contribution in [1.82, 2.24) is 10.3 Å². The molecule has 3 heterocycles. The first-order chi connectivity index (χ1) is 7.84. The highest BCUT2D eigenvalue weighted by Crippen LogP contribution is 2.30. The zero-order valence-corrected chi connectivity index (χ0v) is 9.95. The van der Waals surface area contributed by atoms with Crippen molar-refractivity contribution in [2.75, 3.05) is 24.5 Å². The number of pyridine rings is 1. The van der Waals surface area contributed by atoms with Crippen molar-refractivity contribution < 1.29 is 0 Å². The molecule has 2 aliphatic rings. The molecular formula is C12H16ClN3. The third-order valence-electron chi connectivity index (χ3n) is 3.69. The van der Waals surface area contributed by atoms with E-state index >= 15 is 0 Å². The lowest BCUT2D eigenvalue weighted by atomic mass is 9.93. The van der Waals surface area contributed by atoms with Gasteiger partial charge in [0.2, 0.25) is 0 Å². The summed E-state index contributed by atoms with van der Waals surface area (Å²) in [6, 6.07) is 4.53. The predicted octanol–water partition coefficient (Wildman–Crippen LogP) is 1.92. The summed E-state index contributed by atoms with van der Waals surface area (Å²) in [5.74, 6) is 1.72. The van der Waals surface area contributed by atoms with Gasteiger partial charge in [-0.1, -0.05) is 11.6 Å². The fourth-order valence-corrected chi connectivity index (χ4v) is 3.09. The van der Waals surface area contributed by atoms with E-state index in [4.69, 9.17) is 11.6 Å². The standard InChI is InChI=1S/C12H16ClN3/c13-10-2-1-5-15-12(10)16-7-4-11-9(8-16)3-6-14-11/h1-2,5,9,11,14H,3-4,6-8H2. The Morgan fingerprint density at radius 2 is 2.38 bits per heavy atom. The van der Waals surface area contributed by atoms with E-state index in [1.807, 2.05) is 18.3 Å². The summed E-state index contributed by atoms with van der Waals surface area (Å²) in [4.78, 5) is 6.72. The maximum atomic E-state index is 6.18. The molecule has 2 saturated heterocycles. The molecule has 86 valence electrons. The zero-order chi connectivity index (χ0) is 11.0. The van der Waals surface area contributed by atoms with Gasteiger partial charge in [0.25, 0.3) is 0 Å². The van der Waals surface area contributed by atoms with Crippen molar-refractivity contribution in [3.63, 3.8) is 0 Å². The van der Waals surface area contributed by atoms with E-state index in [9.17, 15) is 0 Å². The Balaban J connectivity index is 1.79. The highest BCUT2D eigenvalue weighted by Gasteiger charge is 2.33. The minimum Gasteiger partial charge on any atom is -0.355 e. The van der Waals surface area contributed by atoms with Crippen LogP contribution in [0.25, 0.3) is 0 Å². The van der Waals surface area contributed by atoms with Crippen LogP contribution in [-0.2, 0) is 0 Å². The Bertz CT molecular complexity index is 382. The maximum Gasteiger partial charge on any atom is 0.147 e. The first kappa shape index (κ1) is 10.4. The number of piperidine rings is 1. The molecule has 1 aromatic rings. The smallest absolute Gasteiger partial charge is 0.147 e. The van der Waals surface area contributed by atoms with Crippen molar-refractivity contribution in [3.8, 4) is 0 Å². The van der Waals surface area contributed by atoms with Gasteiger partial charge < -0.3 is 10.2 Å². The molecule has 3 rings (SSSR count). The Hall–Kier alpha value is -0.800. The molecule has 0 aliphatic carbocycles. The van der Waals surface area contributed by atoms with E-state index in [0.717, 1.165) is 35.9 Å². The monoisotopic (exact) mass is 237 g/mol. The molecule has 0 spiro atoms. The molecule has 0 radical (unpaired) electrons. The predicted molar refractivity (Wildman–Crippen MR) is 66.0 cm³/mol. The fourth-order valence-electron chi connectivity index (χ4n) is 2.85. The second kappa shape index (κ2) is 4.22. The summed E-state index contributed by atoms with van der Waals surface area (Å²) in [5.41, 5.74) is 0. The van der Waals surface area contributed by atoms with Crippen molar-refractivity contribution >= 4 is 17.4 Å². The van der Waals surface area contributed by atoms with Crippen LogP contribution in [0.2, 0.25) is 5.02 Å². The topological polar surface area (TPSA) is 28.2 Å². The van der Waals surface area contributed by atoms with Crippen LogP contribution in [0.3, 0.4) is 0 Å². The Morgan fingerprint density at radius 1 is 1.44 bits per heavy atom. The van der Waals surface area contributed by atoms with Gasteiger partial charge in [-0.25, -0.2) is 4.98 Å². The minimum atomic E-state index is 0.721. The molecule has 1 N–H and O–H groups in total. The number of aromatic nitrogens is 1. The molecule has 0 saturated carbocycles. The van der Waals surface area contributed by atoms with E-state index in [2.05, 4.69) is 15.2 Å². The van der Waals surface area contributed by atoms with Crippen LogP contribution in [0.1, 0.15) is 12.8 Å². The van der Waals surface area contributed by atoms with Crippen LogP contribution in [0.4, 0.5) is 5.82 Å². The van der Waals surface area contributed by atoms with Gasteiger partial charge >= 0.3 is 0 Å². The Labute approximate surface area is 101 Å². The first-order valence-electron chi connectivity index (χ1n) is 5.93. The fraction of sp³-hybridized carbons (Fsp3) is 0.583. The number of nitrogens with zero attached hydrogens (tertiary/aromatic N) is 2. The first-order valence-corrected chi connectivity index (χ1v) is 6.31. The van der Waals surface area contributed by atoms with Crippen LogP contribution in [0.15, 0.2) is 18.3 Å². The summed E-state index contributed by atoms with van der Waals surface area (Å²) >= 11 is 6.18. The van der Waals surface area contributed by atoms with Gasteiger partial charge in [0.05, 0.1) is 5.02 Å². The van der Waals surface area contributed by atoms with Gasteiger partial charge in [0.1, 0.15) is 5.82 Å². The van der Waals surface area contributed by atoms with Gasteiger partial charge in [-0.3, -0.25) is 0 Å². The Morgan fingerprint density at radius 3 is 3.25 bits per heavy atom. The quantitative estimate of drug-likeness (QED) is 0.809. The Kier molecular flexibility index (Phi) is 2.74. The molecule has 2 atom stereocenters. The average molecular weight is 238 g/mol. The number of nitrogens with one attached hydrogen (secondary N) is 1. The number of halogens is 1. The van der Waals surface area contributed by atoms with Crippen molar-refractivity contribution in [3.05, 3.63) is 23.4 Å². The third kappa shape index (κ3) is 1.78. The van der Waals surface area contributed by atoms with Gasteiger partial charge in [-0.05, 0) is 37.4 Å². The molecular weight excluding hydrogens is 222 g/mol. The molecule has 2 unspecified atom stereocenters. The van der Waals surface area contributed by atoms with Crippen LogP contribution < -0.4 is 10.2 Å². The highest BCUT2D eigenvalue weighted by molar-refractivity contribution is 6.32. The van der Waals surface area contributed by atoms with Gasteiger partial charge in [0.15, 0.2) is 0 Å². The number of rotatable bonds is 1. The lowest BCUT2D eigenvalue weighted by molar-refractivity contribution is 0.375. The highest BCUT2D eigenvalue weighted by atomic mass is 35.5. The number of fused-ring (bicyclic) bond motifs is 1. The van der Waals surface area contributed by atoms with Crippen LogP contribution >= 0.6 is 11.6 Å². The van der Waals surface area contributed by atoms with E-state index < -0.39 is 0 Å². The SMILES string of the molecule is Clc1cccnc1N1CCC2NCCC2C1.